The van der Waals surface area contributed by atoms with Crippen molar-refractivity contribution in [1.82, 2.24) is 24.0 Å². The molecule has 1 saturated heterocycles. The molecule has 1 aliphatic heterocycles. The third-order valence-electron chi connectivity index (χ3n) is 4.80. The second-order valence-electron chi connectivity index (χ2n) is 6.74. The first-order chi connectivity index (χ1) is 13.9. The lowest BCUT2D eigenvalue weighted by atomic mass is 10.2. The van der Waals surface area contributed by atoms with E-state index < -0.39 is 23.7 Å². The number of aryl methyl sites for hydroxylation is 2. The van der Waals surface area contributed by atoms with Crippen molar-refractivity contribution in [1.29, 1.82) is 0 Å². The number of amides is 3. The second-order valence-corrected chi connectivity index (χ2v) is 6.74. The van der Waals surface area contributed by atoms with E-state index in [1.165, 1.54) is 22.5 Å². The number of hydrogen-bond acceptors (Lipinski definition) is 5. The van der Waals surface area contributed by atoms with Crippen LogP contribution < -0.4 is 26.8 Å². The van der Waals surface area contributed by atoms with Gasteiger partial charge in [0, 0.05) is 38.6 Å². The molecule has 1 aliphatic rings. The molecule has 0 spiro atoms. The van der Waals surface area contributed by atoms with Gasteiger partial charge < -0.3 is 15.2 Å². The highest BCUT2D eigenvalue weighted by molar-refractivity contribution is 5.96. The van der Waals surface area contributed by atoms with Crippen molar-refractivity contribution in [3.05, 3.63) is 51.4 Å². The largest absolute Gasteiger partial charge is 0.336 e. The summed E-state index contributed by atoms with van der Waals surface area (Å²) >= 11 is 0. The molecule has 11 heteroatoms. The number of aromatic nitrogens is 4. The van der Waals surface area contributed by atoms with Gasteiger partial charge in [0.2, 0.25) is 5.91 Å². The maximum absolute atomic E-state index is 12.7. The van der Waals surface area contributed by atoms with Crippen molar-refractivity contribution in [3.8, 4) is 0 Å². The summed E-state index contributed by atoms with van der Waals surface area (Å²) < 4.78 is 3.61. The highest BCUT2D eigenvalue weighted by atomic mass is 16.2. The molecule has 0 unspecified atom stereocenters. The van der Waals surface area contributed by atoms with Crippen molar-refractivity contribution in [2.45, 2.75) is 6.54 Å². The molecule has 3 aromatic rings. The Morgan fingerprint density at radius 2 is 2.03 bits per heavy atom. The number of carbonyl (C=O) groups is 2. The van der Waals surface area contributed by atoms with Crippen LogP contribution in [0.2, 0.25) is 0 Å². The number of anilines is 2. The Bertz CT molecular complexity index is 1250. The van der Waals surface area contributed by atoms with Crippen LogP contribution in [-0.2, 0) is 25.4 Å². The van der Waals surface area contributed by atoms with Crippen molar-refractivity contribution >= 4 is 34.5 Å². The molecule has 11 nitrogen and oxygen atoms in total. The predicted molar refractivity (Wildman–Crippen MR) is 106 cm³/mol. The Kier molecular flexibility index (Phi) is 4.41. The van der Waals surface area contributed by atoms with Crippen LogP contribution in [0.4, 0.5) is 16.2 Å². The van der Waals surface area contributed by atoms with Gasteiger partial charge in [0.05, 0.1) is 6.33 Å². The van der Waals surface area contributed by atoms with Crippen LogP contribution in [-0.4, -0.2) is 43.7 Å². The quantitative estimate of drug-likeness (QED) is 0.620. The average molecular weight is 397 g/mol. The molecular formula is C18H19N7O4. The molecule has 0 aliphatic carbocycles. The highest BCUT2D eigenvalue weighted by Crippen LogP contribution is 2.21. The van der Waals surface area contributed by atoms with Crippen molar-refractivity contribution < 1.29 is 9.59 Å². The zero-order chi connectivity index (χ0) is 20.7. The third kappa shape index (κ3) is 3.16. The summed E-state index contributed by atoms with van der Waals surface area (Å²) in [6, 6.07) is 6.60. The molecule has 29 heavy (non-hydrogen) atoms. The van der Waals surface area contributed by atoms with E-state index >= 15 is 0 Å². The summed E-state index contributed by atoms with van der Waals surface area (Å²) in [4.78, 5) is 55.2. The van der Waals surface area contributed by atoms with Crippen LogP contribution in [0.3, 0.4) is 0 Å². The zero-order valence-electron chi connectivity index (χ0n) is 15.9. The molecule has 1 aromatic carbocycles. The van der Waals surface area contributed by atoms with Gasteiger partial charge in [-0.15, -0.1) is 0 Å². The van der Waals surface area contributed by atoms with Crippen molar-refractivity contribution in [3.63, 3.8) is 0 Å². The van der Waals surface area contributed by atoms with Crippen LogP contribution >= 0.6 is 0 Å². The van der Waals surface area contributed by atoms with Crippen LogP contribution in [0, 0.1) is 0 Å². The van der Waals surface area contributed by atoms with Gasteiger partial charge in [-0.1, -0.05) is 6.07 Å². The summed E-state index contributed by atoms with van der Waals surface area (Å²) in [7, 11) is 3.14. The molecule has 0 saturated carbocycles. The number of imidazole rings is 1. The molecule has 2 aromatic heterocycles. The van der Waals surface area contributed by atoms with E-state index in [0.29, 0.717) is 24.5 Å². The SMILES string of the molecule is Cn1cnc2c1c(=O)n(CC(=O)Nc1cccc(N3CCNC3=O)c1)c(=O)n2C. The number of rotatable bonds is 4. The fourth-order valence-electron chi connectivity index (χ4n) is 3.35. The van der Waals surface area contributed by atoms with Crippen LogP contribution in [0.1, 0.15) is 0 Å². The van der Waals surface area contributed by atoms with Gasteiger partial charge in [-0.2, -0.15) is 0 Å². The van der Waals surface area contributed by atoms with Gasteiger partial charge in [0.25, 0.3) is 5.56 Å². The van der Waals surface area contributed by atoms with E-state index in [1.54, 1.807) is 36.2 Å². The Morgan fingerprint density at radius 3 is 2.76 bits per heavy atom. The minimum absolute atomic E-state index is 0.201. The van der Waals surface area contributed by atoms with E-state index in [0.717, 1.165) is 4.57 Å². The van der Waals surface area contributed by atoms with Gasteiger partial charge in [0.15, 0.2) is 11.2 Å². The minimum Gasteiger partial charge on any atom is -0.336 e. The van der Waals surface area contributed by atoms with Gasteiger partial charge in [-0.05, 0) is 18.2 Å². The molecule has 0 atom stereocenters. The standard InChI is InChI=1S/C18H19N7O4/c1-22-10-20-15-14(22)16(27)25(18(29)23(15)2)9-13(26)21-11-4-3-5-12(8-11)24-7-6-19-17(24)28/h3-5,8,10H,6-7,9H2,1-2H3,(H,19,28)(H,21,26). The number of nitrogens with zero attached hydrogens (tertiary/aromatic N) is 5. The lowest BCUT2D eigenvalue weighted by Crippen LogP contribution is -2.42. The Hall–Kier alpha value is -3.89. The molecule has 4 rings (SSSR count). The first-order valence-electron chi connectivity index (χ1n) is 8.93. The Labute approximate surface area is 164 Å². The number of carbonyl (C=O) groups excluding carboxylic acids is 2. The zero-order valence-corrected chi connectivity index (χ0v) is 15.9. The van der Waals surface area contributed by atoms with Crippen LogP contribution in [0.5, 0.6) is 0 Å². The Morgan fingerprint density at radius 1 is 1.24 bits per heavy atom. The van der Waals surface area contributed by atoms with Gasteiger partial charge in [-0.25, -0.2) is 19.1 Å². The van der Waals surface area contributed by atoms with E-state index in [-0.39, 0.29) is 17.2 Å². The molecule has 0 bridgehead atoms. The Balaban J connectivity index is 1.60. The van der Waals surface area contributed by atoms with Gasteiger partial charge >= 0.3 is 11.7 Å². The second kappa shape index (κ2) is 6.93. The summed E-state index contributed by atoms with van der Waals surface area (Å²) in [5.41, 5.74) is 0.387. The van der Waals surface area contributed by atoms with E-state index in [9.17, 15) is 19.2 Å². The number of fused-ring (bicyclic) bond motifs is 1. The summed E-state index contributed by atoms with van der Waals surface area (Å²) in [6.07, 6.45) is 1.44. The van der Waals surface area contributed by atoms with E-state index in [2.05, 4.69) is 15.6 Å². The summed E-state index contributed by atoms with van der Waals surface area (Å²) in [5.74, 6) is -0.534. The number of hydrogen-bond donors (Lipinski definition) is 2. The van der Waals surface area contributed by atoms with E-state index in [4.69, 9.17) is 0 Å². The third-order valence-corrected chi connectivity index (χ3v) is 4.80. The minimum atomic E-state index is -0.626. The lowest BCUT2D eigenvalue weighted by molar-refractivity contribution is -0.116. The smallest absolute Gasteiger partial charge is 0.332 e. The molecule has 1 fully saturated rings. The summed E-state index contributed by atoms with van der Waals surface area (Å²) in [6.45, 7) is 0.644. The number of urea groups is 1. The van der Waals surface area contributed by atoms with Crippen molar-refractivity contribution in [2.75, 3.05) is 23.3 Å². The van der Waals surface area contributed by atoms with Crippen LogP contribution in [0.15, 0.2) is 40.2 Å². The van der Waals surface area contributed by atoms with Gasteiger partial charge in [-0.3, -0.25) is 19.1 Å². The topological polar surface area (TPSA) is 123 Å². The number of nitrogens with one attached hydrogen (secondary N) is 2. The number of benzene rings is 1. The first kappa shape index (κ1) is 18.5. The molecule has 3 heterocycles. The average Bonchev–Trinajstić information content (AvgIpc) is 3.29. The van der Waals surface area contributed by atoms with Crippen molar-refractivity contribution in [2.24, 2.45) is 14.1 Å². The fraction of sp³-hybridized carbons (Fsp3) is 0.278. The normalized spacial score (nSPS) is 13.7. The van der Waals surface area contributed by atoms with E-state index in [1.807, 2.05) is 0 Å². The molecule has 3 amide bonds. The molecule has 150 valence electrons. The monoisotopic (exact) mass is 397 g/mol. The van der Waals surface area contributed by atoms with Gasteiger partial charge in [0.1, 0.15) is 6.54 Å². The lowest BCUT2D eigenvalue weighted by Gasteiger charge is -2.15. The fourth-order valence-corrected chi connectivity index (χ4v) is 3.35. The molecular weight excluding hydrogens is 378 g/mol. The molecule has 2 N–H and O–H groups in total. The maximum atomic E-state index is 12.7. The molecule has 0 radical (unpaired) electrons. The van der Waals surface area contributed by atoms with Crippen LogP contribution in [0.25, 0.3) is 11.2 Å². The summed E-state index contributed by atoms with van der Waals surface area (Å²) in [5, 5.41) is 5.38. The first-order valence-corrected chi connectivity index (χ1v) is 8.93. The predicted octanol–water partition coefficient (Wildman–Crippen LogP) is -0.398. The maximum Gasteiger partial charge on any atom is 0.332 e. The highest BCUT2D eigenvalue weighted by Gasteiger charge is 2.21.